The Hall–Kier alpha value is -2.08. The predicted molar refractivity (Wildman–Crippen MR) is 101 cm³/mol. The maximum absolute atomic E-state index is 12.8. The lowest BCUT2D eigenvalue weighted by molar-refractivity contribution is -0.132. The Kier molecular flexibility index (Phi) is 4.11. The quantitative estimate of drug-likeness (QED) is 0.764. The van der Waals surface area contributed by atoms with Gasteiger partial charge in [-0.3, -0.25) is 9.59 Å². The first-order chi connectivity index (χ1) is 13.1. The number of carbonyl (C=O) groups excluding carboxylic acids is 2. The van der Waals surface area contributed by atoms with Gasteiger partial charge in [0.2, 0.25) is 5.91 Å². The van der Waals surface area contributed by atoms with Gasteiger partial charge in [0.25, 0.3) is 5.91 Å². The number of rotatable bonds is 3. The Balaban J connectivity index is 1.29. The molecule has 3 aliphatic carbocycles. The van der Waals surface area contributed by atoms with E-state index in [4.69, 9.17) is 4.74 Å². The molecule has 0 aromatic heterocycles. The third kappa shape index (κ3) is 2.90. The molecule has 5 aliphatic rings. The van der Waals surface area contributed by atoms with Crippen molar-refractivity contribution in [3.8, 4) is 0 Å². The fraction of sp³-hybridized carbons (Fsp3) is 0.619. The molecule has 2 amide bonds. The lowest BCUT2D eigenvalue weighted by atomic mass is 9.58. The van der Waals surface area contributed by atoms with Gasteiger partial charge in [0.15, 0.2) is 0 Å². The molecule has 3 N–H and O–H groups in total. The molecule has 4 fully saturated rings. The minimum atomic E-state index is -0.403. The van der Waals surface area contributed by atoms with E-state index in [0.29, 0.717) is 18.0 Å². The second-order valence-electron chi connectivity index (χ2n) is 8.56. The number of anilines is 1. The Labute approximate surface area is 159 Å². The zero-order chi connectivity index (χ0) is 18.4. The van der Waals surface area contributed by atoms with Crippen LogP contribution in [0.1, 0.15) is 48.9 Å². The molecule has 2 heterocycles. The van der Waals surface area contributed by atoms with Crippen molar-refractivity contribution in [2.75, 3.05) is 18.5 Å². The molecule has 0 radical (unpaired) electrons. The van der Waals surface area contributed by atoms with Crippen LogP contribution in [-0.2, 0) is 9.53 Å². The van der Waals surface area contributed by atoms with Gasteiger partial charge in [0.1, 0.15) is 5.66 Å². The molecule has 3 saturated carbocycles. The average Bonchev–Trinajstić information content (AvgIpc) is 3.20. The van der Waals surface area contributed by atoms with Crippen LogP contribution < -0.4 is 16.0 Å². The SMILES string of the molecule is O=C1N[C@@]2(C[C@H]3CC[C@H]2C[C@@H]3C(=O)NC[C@H]2CCCO2)Nc2ccccc21. The number of ether oxygens (including phenoxy) is 1. The van der Waals surface area contributed by atoms with Crippen LogP contribution >= 0.6 is 0 Å². The second kappa shape index (κ2) is 6.51. The fourth-order valence-electron chi connectivity index (χ4n) is 5.62. The number of carbonyl (C=O) groups is 2. The van der Waals surface area contributed by atoms with Crippen LogP contribution in [0.15, 0.2) is 24.3 Å². The number of hydrogen-bond acceptors (Lipinski definition) is 4. The molecule has 6 nitrogen and oxygen atoms in total. The number of nitrogens with one attached hydrogen (secondary N) is 3. The van der Waals surface area contributed by atoms with Gasteiger partial charge in [-0.15, -0.1) is 0 Å². The lowest BCUT2D eigenvalue weighted by Gasteiger charge is -2.56. The molecular formula is C21H27N3O3. The second-order valence-corrected chi connectivity index (χ2v) is 8.56. The van der Waals surface area contributed by atoms with E-state index < -0.39 is 5.66 Å². The van der Waals surface area contributed by atoms with Gasteiger partial charge in [-0.25, -0.2) is 0 Å². The summed E-state index contributed by atoms with van der Waals surface area (Å²) in [6.45, 7) is 1.43. The maximum Gasteiger partial charge on any atom is 0.255 e. The zero-order valence-electron chi connectivity index (χ0n) is 15.5. The number of para-hydroxylation sites is 1. The van der Waals surface area contributed by atoms with Gasteiger partial charge < -0.3 is 20.7 Å². The zero-order valence-corrected chi connectivity index (χ0v) is 15.5. The smallest absolute Gasteiger partial charge is 0.255 e. The van der Waals surface area contributed by atoms with Gasteiger partial charge in [0, 0.05) is 30.7 Å². The van der Waals surface area contributed by atoms with Crippen molar-refractivity contribution in [3.63, 3.8) is 0 Å². The summed E-state index contributed by atoms with van der Waals surface area (Å²) in [6.07, 6.45) is 6.06. The van der Waals surface area contributed by atoms with E-state index in [1.54, 1.807) is 0 Å². The van der Waals surface area contributed by atoms with Gasteiger partial charge in [0.05, 0.1) is 11.7 Å². The highest BCUT2D eigenvalue weighted by Gasteiger charge is 2.55. The Morgan fingerprint density at radius 3 is 2.89 bits per heavy atom. The van der Waals surface area contributed by atoms with Crippen molar-refractivity contribution >= 4 is 17.5 Å². The molecule has 6 heteroatoms. The van der Waals surface area contributed by atoms with Crippen LogP contribution in [0.25, 0.3) is 0 Å². The highest BCUT2D eigenvalue weighted by molar-refractivity contribution is 6.02. The molecule has 1 aromatic rings. The third-order valence-corrected chi connectivity index (χ3v) is 7.01. The first kappa shape index (κ1) is 17.0. The molecule has 1 aromatic carbocycles. The molecule has 6 rings (SSSR count). The van der Waals surface area contributed by atoms with Crippen molar-refractivity contribution in [1.29, 1.82) is 0 Å². The Morgan fingerprint density at radius 2 is 2.11 bits per heavy atom. The first-order valence-electron chi connectivity index (χ1n) is 10.2. The van der Waals surface area contributed by atoms with E-state index in [2.05, 4.69) is 16.0 Å². The molecule has 5 atom stereocenters. The standard InChI is InChI=1S/C21H27N3O3/c25-19(22-12-15-4-3-9-27-15)17-10-14-8-7-13(17)11-21(14)23-18-6-2-1-5-16(18)20(26)24-21/h1-2,5-6,13-15,17,23H,3-4,7-12H2,(H,22,25)(H,24,26)/t13-,14+,15-,17+,21-/m1/s1. The largest absolute Gasteiger partial charge is 0.376 e. The monoisotopic (exact) mass is 369 g/mol. The van der Waals surface area contributed by atoms with Crippen LogP contribution in [0, 0.1) is 17.8 Å². The van der Waals surface area contributed by atoms with E-state index in [0.717, 1.165) is 50.8 Å². The molecular weight excluding hydrogens is 342 g/mol. The lowest BCUT2D eigenvalue weighted by Crippen LogP contribution is -2.68. The summed E-state index contributed by atoms with van der Waals surface area (Å²) in [5, 5.41) is 10.0. The minimum absolute atomic E-state index is 0.00344. The summed E-state index contributed by atoms with van der Waals surface area (Å²) in [6, 6.07) is 7.68. The highest BCUT2D eigenvalue weighted by Crippen LogP contribution is 2.51. The summed E-state index contributed by atoms with van der Waals surface area (Å²) in [7, 11) is 0. The molecule has 2 bridgehead atoms. The van der Waals surface area contributed by atoms with Crippen LogP contribution in [-0.4, -0.2) is 36.7 Å². The van der Waals surface area contributed by atoms with Crippen LogP contribution in [0.5, 0.6) is 0 Å². The van der Waals surface area contributed by atoms with E-state index >= 15 is 0 Å². The summed E-state index contributed by atoms with van der Waals surface area (Å²) in [5.74, 6) is 0.788. The average molecular weight is 369 g/mol. The van der Waals surface area contributed by atoms with Gasteiger partial charge in [-0.1, -0.05) is 12.1 Å². The van der Waals surface area contributed by atoms with Crippen LogP contribution in [0.3, 0.4) is 0 Å². The normalized spacial score (nSPS) is 36.8. The first-order valence-corrected chi connectivity index (χ1v) is 10.2. The number of amides is 2. The van der Waals surface area contributed by atoms with Crippen molar-refractivity contribution in [2.24, 2.45) is 17.8 Å². The van der Waals surface area contributed by atoms with Gasteiger partial charge in [-0.05, 0) is 56.6 Å². The van der Waals surface area contributed by atoms with Crippen molar-refractivity contribution in [3.05, 3.63) is 29.8 Å². The number of benzene rings is 1. The molecule has 1 saturated heterocycles. The summed E-state index contributed by atoms with van der Waals surface area (Å²) in [4.78, 5) is 25.5. The molecule has 1 spiro atoms. The van der Waals surface area contributed by atoms with Crippen molar-refractivity contribution < 1.29 is 14.3 Å². The summed E-state index contributed by atoms with van der Waals surface area (Å²) >= 11 is 0. The maximum atomic E-state index is 12.8. The van der Waals surface area contributed by atoms with E-state index in [-0.39, 0.29) is 29.8 Å². The van der Waals surface area contributed by atoms with Crippen molar-refractivity contribution in [2.45, 2.75) is 50.3 Å². The van der Waals surface area contributed by atoms with E-state index in [1.807, 2.05) is 24.3 Å². The van der Waals surface area contributed by atoms with Gasteiger partial charge >= 0.3 is 0 Å². The van der Waals surface area contributed by atoms with Crippen LogP contribution in [0.4, 0.5) is 5.69 Å². The fourth-order valence-corrected chi connectivity index (χ4v) is 5.62. The van der Waals surface area contributed by atoms with Crippen LogP contribution in [0.2, 0.25) is 0 Å². The van der Waals surface area contributed by atoms with Crippen molar-refractivity contribution in [1.82, 2.24) is 10.6 Å². The number of hydrogen-bond donors (Lipinski definition) is 3. The molecule has 27 heavy (non-hydrogen) atoms. The third-order valence-electron chi connectivity index (χ3n) is 7.01. The van der Waals surface area contributed by atoms with Gasteiger partial charge in [-0.2, -0.15) is 0 Å². The molecule has 144 valence electrons. The predicted octanol–water partition coefficient (Wildman–Crippen LogP) is 2.27. The van der Waals surface area contributed by atoms with E-state index in [9.17, 15) is 9.59 Å². The Morgan fingerprint density at radius 1 is 1.22 bits per heavy atom. The topological polar surface area (TPSA) is 79.5 Å². The molecule has 2 aliphatic heterocycles. The summed E-state index contributed by atoms with van der Waals surface area (Å²) in [5.41, 5.74) is 1.21. The summed E-state index contributed by atoms with van der Waals surface area (Å²) < 4.78 is 5.62. The highest BCUT2D eigenvalue weighted by atomic mass is 16.5. The number of fused-ring (bicyclic) bond motifs is 3. The van der Waals surface area contributed by atoms with E-state index in [1.165, 1.54) is 0 Å². The molecule has 0 unspecified atom stereocenters. The Bertz CT molecular complexity index is 761. The minimum Gasteiger partial charge on any atom is -0.376 e.